The van der Waals surface area contributed by atoms with Gasteiger partial charge in [-0.3, -0.25) is 14.9 Å². The van der Waals surface area contributed by atoms with Crippen molar-refractivity contribution in [3.8, 4) is 11.5 Å². The number of hydrogen-bond donors (Lipinski definition) is 3. The molecule has 1 aliphatic heterocycles. The van der Waals surface area contributed by atoms with Crippen LogP contribution in [0.15, 0.2) is 48.0 Å². The van der Waals surface area contributed by atoms with Gasteiger partial charge in [-0.1, -0.05) is 17.7 Å². The number of ether oxygens (including phenoxy) is 1. The minimum Gasteiger partial charge on any atom is -0.508 e. The first-order chi connectivity index (χ1) is 13.8. The molecule has 1 saturated heterocycles. The molecule has 0 spiro atoms. The Morgan fingerprint density at radius 2 is 1.83 bits per heavy atom. The number of carbonyl (C=O) groups excluding carboxylic acids is 3. The van der Waals surface area contributed by atoms with Crippen LogP contribution in [0, 0.1) is 0 Å². The number of nitrogens with zero attached hydrogens (tertiary/aromatic N) is 1. The fourth-order valence-corrected chi connectivity index (χ4v) is 2.77. The number of anilines is 1. The van der Waals surface area contributed by atoms with Gasteiger partial charge >= 0.3 is 12.0 Å². The van der Waals surface area contributed by atoms with Crippen molar-refractivity contribution in [1.82, 2.24) is 5.32 Å². The van der Waals surface area contributed by atoms with Gasteiger partial charge in [0.1, 0.15) is 17.1 Å². The lowest BCUT2D eigenvalue weighted by molar-refractivity contribution is -0.139. The lowest BCUT2D eigenvalue weighted by atomic mass is 10.1. The minimum atomic E-state index is -1.17. The maximum atomic E-state index is 12.8. The molecule has 10 heteroatoms. The number of carboxylic acid groups (broad SMARTS) is 1. The van der Waals surface area contributed by atoms with E-state index < -0.39 is 30.4 Å². The van der Waals surface area contributed by atoms with Crippen LogP contribution in [0.3, 0.4) is 0 Å². The highest BCUT2D eigenvalue weighted by Gasteiger charge is 2.36. The van der Waals surface area contributed by atoms with Crippen LogP contribution in [0.2, 0.25) is 5.02 Å². The van der Waals surface area contributed by atoms with Gasteiger partial charge < -0.3 is 14.9 Å². The first-order valence-corrected chi connectivity index (χ1v) is 8.48. The van der Waals surface area contributed by atoms with Crippen LogP contribution in [-0.2, 0) is 14.4 Å². The molecule has 0 aliphatic carbocycles. The van der Waals surface area contributed by atoms with Gasteiger partial charge in [0.15, 0.2) is 6.61 Å². The summed E-state index contributed by atoms with van der Waals surface area (Å²) in [4.78, 5) is 48.4. The number of phenolic OH excluding ortho intramolecular Hbond substituents is 1. The van der Waals surface area contributed by atoms with E-state index in [2.05, 4.69) is 5.32 Å². The lowest BCUT2D eigenvalue weighted by Gasteiger charge is -2.26. The fraction of sp³-hybridized carbons (Fsp3) is 0.0526. The average molecular weight is 417 g/mol. The summed E-state index contributed by atoms with van der Waals surface area (Å²) >= 11 is 6.04. The van der Waals surface area contributed by atoms with Crippen LogP contribution in [0.1, 0.15) is 5.56 Å². The number of urea groups is 1. The van der Waals surface area contributed by atoms with Gasteiger partial charge in [0, 0.05) is 0 Å². The van der Waals surface area contributed by atoms with Gasteiger partial charge in [0.25, 0.3) is 11.8 Å². The molecule has 4 amide bonds. The van der Waals surface area contributed by atoms with E-state index in [-0.39, 0.29) is 27.8 Å². The molecule has 1 heterocycles. The zero-order valence-corrected chi connectivity index (χ0v) is 15.3. The second-order valence-corrected chi connectivity index (χ2v) is 6.25. The number of amides is 4. The molecule has 0 atom stereocenters. The molecule has 0 saturated carbocycles. The molecule has 0 radical (unpaired) electrons. The van der Waals surface area contributed by atoms with Crippen LogP contribution < -0.4 is 15.0 Å². The topological polar surface area (TPSA) is 133 Å². The molecule has 0 bridgehead atoms. The third-order valence-electron chi connectivity index (χ3n) is 3.83. The normalized spacial score (nSPS) is 15.4. The first kappa shape index (κ1) is 19.9. The second-order valence-electron chi connectivity index (χ2n) is 5.85. The molecule has 1 fully saturated rings. The van der Waals surface area contributed by atoms with E-state index in [0.29, 0.717) is 5.56 Å². The Kier molecular flexibility index (Phi) is 5.51. The van der Waals surface area contributed by atoms with Gasteiger partial charge in [-0.2, -0.15) is 0 Å². The minimum absolute atomic E-state index is 0.0506. The number of aliphatic carboxylic acids is 1. The predicted octanol–water partition coefficient (Wildman–Crippen LogP) is 2.18. The molecular weight excluding hydrogens is 404 g/mol. The van der Waals surface area contributed by atoms with Crippen LogP contribution >= 0.6 is 11.6 Å². The van der Waals surface area contributed by atoms with E-state index in [4.69, 9.17) is 21.4 Å². The number of imide groups is 2. The van der Waals surface area contributed by atoms with Crippen molar-refractivity contribution in [3.63, 3.8) is 0 Å². The summed E-state index contributed by atoms with van der Waals surface area (Å²) in [5.41, 5.74) is 0.211. The maximum Gasteiger partial charge on any atom is 0.341 e. The third kappa shape index (κ3) is 4.36. The number of carbonyl (C=O) groups is 4. The smallest absolute Gasteiger partial charge is 0.341 e. The number of halogens is 1. The van der Waals surface area contributed by atoms with Crippen molar-refractivity contribution < 1.29 is 34.1 Å². The Morgan fingerprint density at radius 3 is 2.45 bits per heavy atom. The zero-order chi connectivity index (χ0) is 21.1. The quantitative estimate of drug-likeness (QED) is 0.502. The van der Waals surface area contributed by atoms with Crippen molar-refractivity contribution in [3.05, 3.63) is 58.6 Å². The predicted molar refractivity (Wildman–Crippen MR) is 102 cm³/mol. The summed E-state index contributed by atoms with van der Waals surface area (Å²) < 4.78 is 5.01. The third-order valence-corrected chi connectivity index (χ3v) is 4.12. The molecule has 3 N–H and O–H groups in total. The molecule has 0 aromatic heterocycles. The molecule has 2 aromatic carbocycles. The molecule has 1 aliphatic rings. The Balaban J connectivity index is 1.91. The summed E-state index contributed by atoms with van der Waals surface area (Å²) in [5, 5.41) is 20.2. The van der Waals surface area contributed by atoms with Crippen LogP contribution in [-0.4, -0.2) is 40.6 Å². The molecule has 29 heavy (non-hydrogen) atoms. The molecule has 148 valence electrons. The lowest BCUT2D eigenvalue weighted by Crippen LogP contribution is -2.54. The molecular formula is C19H13ClN2O7. The highest BCUT2D eigenvalue weighted by molar-refractivity contribution is 6.39. The summed E-state index contributed by atoms with van der Waals surface area (Å²) in [6.07, 6.45) is 1.24. The fourth-order valence-electron chi connectivity index (χ4n) is 2.52. The maximum absolute atomic E-state index is 12.8. The summed E-state index contributed by atoms with van der Waals surface area (Å²) in [7, 11) is 0. The number of hydrogen-bond acceptors (Lipinski definition) is 6. The SMILES string of the molecule is O=C(O)COc1ccc(/C=C2\C(=O)NC(=O)N(c3ccc(O)cc3)C2=O)cc1Cl. The molecule has 9 nitrogen and oxygen atoms in total. The molecule has 3 rings (SSSR count). The average Bonchev–Trinajstić information content (AvgIpc) is 2.65. The van der Waals surface area contributed by atoms with E-state index in [1.165, 1.54) is 48.5 Å². The van der Waals surface area contributed by atoms with Crippen LogP contribution in [0.25, 0.3) is 6.08 Å². The summed E-state index contributed by atoms with van der Waals surface area (Å²) in [6.45, 7) is -0.579. The summed E-state index contributed by atoms with van der Waals surface area (Å²) in [6, 6.07) is 8.63. The van der Waals surface area contributed by atoms with Gasteiger partial charge in [0.2, 0.25) is 0 Å². The van der Waals surface area contributed by atoms with Gasteiger partial charge in [0.05, 0.1) is 10.7 Å². The van der Waals surface area contributed by atoms with Gasteiger partial charge in [-0.15, -0.1) is 0 Å². The Bertz CT molecular complexity index is 1050. The van der Waals surface area contributed by atoms with Crippen LogP contribution in [0.5, 0.6) is 11.5 Å². The Hall–Kier alpha value is -3.85. The van der Waals surface area contributed by atoms with Crippen LogP contribution in [0.4, 0.5) is 10.5 Å². The van der Waals surface area contributed by atoms with Crippen molar-refractivity contribution in [2.75, 3.05) is 11.5 Å². The number of rotatable bonds is 5. The van der Waals surface area contributed by atoms with E-state index in [9.17, 15) is 24.3 Å². The number of carboxylic acids is 1. The monoisotopic (exact) mass is 416 g/mol. The number of nitrogens with one attached hydrogen (secondary N) is 1. The summed E-state index contributed by atoms with van der Waals surface area (Å²) in [5.74, 6) is -2.83. The van der Waals surface area contributed by atoms with E-state index >= 15 is 0 Å². The van der Waals surface area contributed by atoms with Crippen molar-refractivity contribution in [2.24, 2.45) is 0 Å². The van der Waals surface area contributed by atoms with Crippen molar-refractivity contribution in [2.45, 2.75) is 0 Å². The number of benzene rings is 2. The van der Waals surface area contributed by atoms with E-state index in [1.807, 2.05) is 0 Å². The second kappa shape index (κ2) is 8.03. The molecule has 0 unspecified atom stereocenters. The van der Waals surface area contributed by atoms with E-state index in [1.54, 1.807) is 0 Å². The highest BCUT2D eigenvalue weighted by Crippen LogP contribution is 2.28. The number of barbiturate groups is 1. The largest absolute Gasteiger partial charge is 0.508 e. The number of phenols is 1. The van der Waals surface area contributed by atoms with Crippen molar-refractivity contribution in [1.29, 1.82) is 0 Å². The standard InChI is InChI=1S/C19H13ClN2O7/c20-14-8-10(1-6-15(14)29-9-16(24)25)7-13-17(26)21-19(28)22(18(13)27)11-2-4-12(23)5-3-11/h1-8,23H,9H2,(H,24,25)(H,21,26,28)/b13-7+. The zero-order valence-electron chi connectivity index (χ0n) is 14.6. The number of aromatic hydroxyl groups is 1. The Morgan fingerprint density at radius 1 is 1.14 bits per heavy atom. The van der Waals surface area contributed by atoms with Crippen molar-refractivity contribution >= 4 is 47.2 Å². The van der Waals surface area contributed by atoms with Gasteiger partial charge in [-0.05, 0) is 48.0 Å². The van der Waals surface area contributed by atoms with Gasteiger partial charge in [-0.25, -0.2) is 14.5 Å². The van der Waals surface area contributed by atoms with E-state index in [0.717, 1.165) is 4.90 Å². The Labute approximate surface area is 168 Å². The highest BCUT2D eigenvalue weighted by atomic mass is 35.5. The molecule has 2 aromatic rings. The first-order valence-electron chi connectivity index (χ1n) is 8.11.